The van der Waals surface area contributed by atoms with E-state index in [2.05, 4.69) is 17.6 Å². The van der Waals surface area contributed by atoms with Crippen LogP contribution in [0.25, 0.3) is 0 Å². The Labute approximate surface area is 94.4 Å². The Balaban J connectivity index is 1.80. The van der Waals surface area contributed by atoms with Gasteiger partial charge in [0, 0.05) is 18.5 Å². The molecule has 0 spiro atoms. The minimum Gasteiger partial charge on any atom is -0.321 e. The summed E-state index contributed by atoms with van der Waals surface area (Å²) < 4.78 is 0. The minimum absolute atomic E-state index is 0.0766. The molecule has 4 heteroatoms. The summed E-state index contributed by atoms with van der Waals surface area (Å²) in [4.78, 5) is 11.1. The average Bonchev–Trinajstić information content (AvgIpc) is 2.89. The number of carbonyl (C=O) groups excluding carboxylic acids is 1. The van der Waals surface area contributed by atoms with Gasteiger partial charge >= 0.3 is 0 Å². The van der Waals surface area contributed by atoms with Crippen LogP contribution in [0.1, 0.15) is 24.8 Å². The first kappa shape index (κ1) is 9.66. The number of nitrogens with one attached hydrogen (secondary N) is 1. The maximum Gasteiger partial charge on any atom is 0.240 e. The van der Waals surface area contributed by atoms with Crippen LogP contribution in [0.3, 0.4) is 0 Å². The van der Waals surface area contributed by atoms with E-state index in [1.54, 1.807) is 0 Å². The molecule has 2 fully saturated rings. The van der Waals surface area contributed by atoms with E-state index in [1.807, 2.05) is 17.1 Å². The Bertz CT molecular complexity index is 422. The standard InChI is InChI=1S/C12H15N3O/c13-12(6-7-12)9-1-3-10(4-2-9)15-8-5-11(16)14-15/h1-4H,5-8,13H2,(H,14,16). The molecule has 16 heavy (non-hydrogen) atoms. The molecule has 2 aliphatic rings. The van der Waals surface area contributed by atoms with Gasteiger partial charge in [-0.15, -0.1) is 0 Å². The molecular formula is C12H15N3O. The van der Waals surface area contributed by atoms with Crippen LogP contribution < -0.4 is 16.2 Å². The van der Waals surface area contributed by atoms with Crippen molar-refractivity contribution in [3.63, 3.8) is 0 Å². The number of hydrogen-bond acceptors (Lipinski definition) is 3. The molecule has 1 saturated carbocycles. The smallest absolute Gasteiger partial charge is 0.240 e. The highest BCUT2D eigenvalue weighted by Gasteiger charge is 2.39. The van der Waals surface area contributed by atoms with Gasteiger partial charge in [-0.25, -0.2) is 0 Å². The first-order chi connectivity index (χ1) is 7.67. The first-order valence-corrected chi connectivity index (χ1v) is 5.64. The van der Waals surface area contributed by atoms with Gasteiger partial charge < -0.3 is 5.73 Å². The normalized spacial score (nSPS) is 22.1. The predicted octanol–water partition coefficient (Wildman–Crippen LogP) is 0.876. The molecule has 1 heterocycles. The number of benzene rings is 1. The second kappa shape index (κ2) is 3.22. The number of hydrogen-bond donors (Lipinski definition) is 2. The van der Waals surface area contributed by atoms with Crippen molar-refractivity contribution < 1.29 is 4.79 Å². The Hall–Kier alpha value is -1.55. The lowest BCUT2D eigenvalue weighted by Gasteiger charge is -2.18. The fourth-order valence-corrected chi connectivity index (χ4v) is 2.07. The number of nitrogens with two attached hydrogens (primary N) is 1. The highest BCUT2D eigenvalue weighted by Crippen LogP contribution is 2.42. The molecule has 1 amide bonds. The topological polar surface area (TPSA) is 58.4 Å². The molecule has 0 aromatic heterocycles. The largest absolute Gasteiger partial charge is 0.321 e. The van der Waals surface area contributed by atoms with Gasteiger partial charge in [0.2, 0.25) is 5.91 Å². The van der Waals surface area contributed by atoms with Crippen molar-refractivity contribution in [2.75, 3.05) is 11.6 Å². The Morgan fingerprint density at radius 3 is 2.44 bits per heavy atom. The Morgan fingerprint density at radius 2 is 1.94 bits per heavy atom. The van der Waals surface area contributed by atoms with E-state index < -0.39 is 0 Å². The van der Waals surface area contributed by atoms with Gasteiger partial charge in [0.15, 0.2) is 0 Å². The summed E-state index contributed by atoms with van der Waals surface area (Å²) in [6.07, 6.45) is 2.72. The zero-order valence-electron chi connectivity index (χ0n) is 9.07. The van der Waals surface area contributed by atoms with E-state index in [4.69, 9.17) is 5.73 Å². The molecule has 84 valence electrons. The van der Waals surface area contributed by atoms with Crippen LogP contribution in [0.5, 0.6) is 0 Å². The lowest BCUT2D eigenvalue weighted by atomic mass is 10.1. The number of hydrazine groups is 1. The van der Waals surface area contributed by atoms with Crippen molar-refractivity contribution in [1.82, 2.24) is 5.43 Å². The molecule has 1 aromatic rings. The van der Waals surface area contributed by atoms with E-state index >= 15 is 0 Å². The molecule has 0 bridgehead atoms. The second-order valence-corrected chi connectivity index (χ2v) is 4.64. The maximum absolute atomic E-state index is 11.1. The minimum atomic E-state index is -0.0766. The number of carbonyl (C=O) groups is 1. The summed E-state index contributed by atoms with van der Waals surface area (Å²) in [5, 5.41) is 1.88. The second-order valence-electron chi connectivity index (χ2n) is 4.64. The van der Waals surface area contributed by atoms with Crippen molar-refractivity contribution in [3.05, 3.63) is 29.8 Å². The van der Waals surface area contributed by atoms with E-state index in [9.17, 15) is 4.79 Å². The van der Waals surface area contributed by atoms with E-state index in [0.717, 1.165) is 25.1 Å². The molecule has 3 rings (SSSR count). The van der Waals surface area contributed by atoms with Gasteiger partial charge in [-0.05, 0) is 30.5 Å². The van der Waals surface area contributed by atoms with Crippen molar-refractivity contribution in [2.24, 2.45) is 5.73 Å². The van der Waals surface area contributed by atoms with Gasteiger partial charge in [0.1, 0.15) is 0 Å². The average molecular weight is 217 g/mol. The highest BCUT2D eigenvalue weighted by atomic mass is 16.2. The first-order valence-electron chi connectivity index (χ1n) is 5.64. The van der Waals surface area contributed by atoms with Crippen LogP contribution in [0.2, 0.25) is 0 Å². The zero-order chi connectivity index (χ0) is 11.2. The molecule has 0 unspecified atom stereocenters. The molecule has 1 aliphatic carbocycles. The quantitative estimate of drug-likeness (QED) is 0.773. The van der Waals surface area contributed by atoms with Crippen molar-refractivity contribution in [2.45, 2.75) is 24.8 Å². The van der Waals surface area contributed by atoms with Crippen LogP contribution in [-0.2, 0) is 10.3 Å². The van der Waals surface area contributed by atoms with E-state index in [0.29, 0.717) is 6.42 Å². The lowest BCUT2D eigenvalue weighted by Crippen LogP contribution is -2.32. The van der Waals surface area contributed by atoms with Crippen molar-refractivity contribution in [1.29, 1.82) is 0 Å². The SMILES string of the molecule is NC1(c2ccc(N3CCC(=O)N3)cc2)CC1. The fourth-order valence-electron chi connectivity index (χ4n) is 2.07. The molecule has 0 radical (unpaired) electrons. The summed E-state index contributed by atoms with van der Waals surface area (Å²) in [7, 11) is 0. The van der Waals surface area contributed by atoms with Gasteiger partial charge in [-0.2, -0.15) is 0 Å². The molecule has 1 aromatic carbocycles. The van der Waals surface area contributed by atoms with E-state index in [-0.39, 0.29) is 11.4 Å². The highest BCUT2D eigenvalue weighted by molar-refractivity contribution is 5.81. The number of amides is 1. The molecular weight excluding hydrogens is 202 g/mol. The van der Waals surface area contributed by atoms with Crippen LogP contribution in [0, 0.1) is 0 Å². The van der Waals surface area contributed by atoms with E-state index in [1.165, 1.54) is 5.56 Å². The summed E-state index contributed by atoms with van der Waals surface area (Å²) in [5.41, 5.74) is 11.1. The van der Waals surface area contributed by atoms with Gasteiger partial charge in [-0.3, -0.25) is 15.2 Å². The third-order valence-corrected chi connectivity index (χ3v) is 3.36. The molecule has 1 saturated heterocycles. The zero-order valence-corrected chi connectivity index (χ0v) is 9.07. The van der Waals surface area contributed by atoms with Crippen LogP contribution in [0.15, 0.2) is 24.3 Å². The van der Waals surface area contributed by atoms with Crippen LogP contribution in [0.4, 0.5) is 5.69 Å². The summed E-state index contributed by atoms with van der Waals surface area (Å²) in [6, 6.07) is 8.17. The van der Waals surface area contributed by atoms with Gasteiger partial charge in [0.05, 0.1) is 5.69 Å². The number of anilines is 1. The number of rotatable bonds is 2. The molecule has 0 atom stereocenters. The molecule has 4 nitrogen and oxygen atoms in total. The van der Waals surface area contributed by atoms with Crippen molar-refractivity contribution in [3.8, 4) is 0 Å². The Morgan fingerprint density at radius 1 is 1.25 bits per heavy atom. The Kier molecular flexibility index (Phi) is 1.94. The summed E-state index contributed by atoms with van der Waals surface area (Å²) >= 11 is 0. The lowest BCUT2D eigenvalue weighted by molar-refractivity contribution is -0.119. The van der Waals surface area contributed by atoms with Crippen LogP contribution in [-0.4, -0.2) is 12.5 Å². The third kappa shape index (κ3) is 1.55. The monoisotopic (exact) mass is 217 g/mol. The number of nitrogens with zero attached hydrogens (tertiary/aromatic N) is 1. The van der Waals surface area contributed by atoms with Gasteiger partial charge in [0.25, 0.3) is 0 Å². The van der Waals surface area contributed by atoms with Crippen molar-refractivity contribution >= 4 is 11.6 Å². The maximum atomic E-state index is 11.1. The van der Waals surface area contributed by atoms with Gasteiger partial charge in [-0.1, -0.05) is 12.1 Å². The summed E-state index contributed by atoms with van der Waals surface area (Å²) in [6.45, 7) is 0.742. The predicted molar refractivity (Wildman–Crippen MR) is 61.6 cm³/mol. The van der Waals surface area contributed by atoms with Crippen LogP contribution >= 0.6 is 0 Å². The molecule has 3 N–H and O–H groups in total. The molecule has 1 aliphatic heterocycles. The summed E-state index contributed by atoms with van der Waals surface area (Å²) in [5.74, 6) is 0.0848. The fraction of sp³-hybridized carbons (Fsp3) is 0.417. The third-order valence-electron chi connectivity index (χ3n) is 3.36.